The van der Waals surface area contributed by atoms with E-state index in [1.54, 1.807) is 16.9 Å². The number of rotatable bonds is 2. The van der Waals surface area contributed by atoms with Gasteiger partial charge in [0.05, 0.1) is 11.4 Å². The van der Waals surface area contributed by atoms with Gasteiger partial charge in [0, 0.05) is 19.3 Å². The number of hydrogen-bond donors (Lipinski definition) is 1. The molecule has 2 aromatic rings. The highest BCUT2D eigenvalue weighted by Gasteiger charge is 2.23. The number of benzene rings is 1. The van der Waals surface area contributed by atoms with Crippen molar-refractivity contribution >= 4 is 11.6 Å². The molecule has 1 saturated heterocycles. The Kier molecular flexibility index (Phi) is 3.64. The number of anilines is 1. The maximum absolute atomic E-state index is 12.5. The summed E-state index contributed by atoms with van der Waals surface area (Å²) in [6.45, 7) is 3.87. The molecule has 110 valence electrons. The molecule has 1 amide bonds. The van der Waals surface area contributed by atoms with Crippen molar-refractivity contribution < 1.29 is 4.79 Å². The number of amides is 1. The van der Waals surface area contributed by atoms with Gasteiger partial charge in [-0.05, 0) is 37.0 Å². The third-order valence-electron chi connectivity index (χ3n) is 4.06. The van der Waals surface area contributed by atoms with Gasteiger partial charge in [-0.15, -0.1) is 0 Å². The molecule has 2 N–H and O–H groups in total. The molecular weight excluding hydrogens is 264 g/mol. The molecule has 0 atom stereocenters. The highest BCUT2D eigenvalue weighted by atomic mass is 16.2. The van der Waals surface area contributed by atoms with Gasteiger partial charge < -0.3 is 10.6 Å². The number of piperidine rings is 1. The topological polar surface area (TPSA) is 64.2 Å². The van der Waals surface area contributed by atoms with E-state index in [1.807, 2.05) is 29.2 Å². The molecule has 2 heterocycles. The van der Waals surface area contributed by atoms with Crippen molar-refractivity contribution in [2.45, 2.75) is 19.8 Å². The maximum Gasteiger partial charge on any atom is 0.274 e. The molecule has 0 saturated carbocycles. The van der Waals surface area contributed by atoms with Gasteiger partial charge in [0.1, 0.15) is 0 Å². The molecule has 3 rings (SSSR count). The minimum Gasteiger partial charge on any atom is -0.397 e. The summed E-state index contributed by atoms with van der Waals surface area (Å²) in [6.07, 6.45) is 3.92. The smallest absolute Gasteiger partial charge is 0.274 e. The first kappa shape index (κ1) is 13.7. The zero-order valence-electron chi connectivity index (χ0n) is 12.2. The van der Waals surface area contributed by atoms with Crippen LogP contribution < -0.4 is 5.73 Å². The second-order valence-corrected chi connectivity index (χ2v) is 5.68. The lowest BCUT2D eigenvalue weighted by Gasteiger charge is -2.29. The Morgan fingerprint density at radius 3 is 2.67 bits per heavy atom. The largest absolute Gasteiger partial charge is 0.397 e. The van der Waals surface area contributed by atoms with Crippen molar-refractivity contribution in [2.75, 3.05) is 18.8 Å². The summed E-state index contributed by atoms with van der Waals surface area (Å²) in [5.41, 5.74) is 7.86. The van der Waals surface area contributed by atoms with E-state index < -0.39 is 0 Å². The van der Waals surface area contributed by atoms with Crippen LogP contribution in [0.3, 0.4) is 0 Å². The van der Waals surface area contributed by atoms with E-state index in [9.17, 15) is 4.79 Å². The summed E-state index contributed by atoms with van der Waals surface area (Å²) in [5, 5.41) is 4.38. The van der Waals surface area contributed by atoms with E-state index >= 15 is 0 Å². The van der Waals surface area contributed by atoms with Crippen molar-refractivity contribution in [3.63, 3.8) is 0 Å². The fourth-order valence-corrected chi connectivity index (χ4v) is 2.64. The maximum atomic E-state index is 12.5. The first-order valence-corrected chi connectivity index (χ1v) is 7.35. The van der Waals surface area contributed by atoms with Crippen LogP contribution in [0.25, 0.3) is 5.69 Å². The summed E-state index contributed by atoms with van der Waals surface area (Å²) in [6, 6.07) is 9.25. The minimum absolute atomic E-state index is 0.00940. The number of nitrogen functional groups attached to an aromatic ring is 1. The van der Waals surface area contributed by atoms with E-state index in [4.69, 9.17) is 5.73 Å². The Morgan fingerprint density at radius 2 is 1.95 bits per heavy atom. The molecule has 0 bridgehead atoms. The fourth-order valence-electron chi connectivity index (χ4n) is 2.64. The number of hydrogen-bond acceptors (Lipinski definition) is 3. The third kappa shape index (κ3) is 2.77. The minimum atomic E-state index is 0.00940. The molecule has 1 aromatic carbocycles. The van der Waals surface area contributed by atoms with Crippen molar-refractivity contribution in [1.82, 2.24) is 14.7 Å². The van der Waals surface area contributed by atoms with Gasteiger partial charge in [0.25, 0.3) is 5.91 Å². The van der Waals surface area contributed by atoms with E-state index in [-0.39, 0.29) is 5.91 Å². The molecule has 0 radical (unpaired) electrons. The Balaban J connectivity index is 1.79. The van der Waals surface area contributed by atoms with Gasteiger partial charge in [-0.2, -0.15) is 5.10 Å². The van der Waals surface area contributed by atoms with Crippen molar-refractivity contribution in [3.05, 3.63) is 42.2 Å². The van der Waals surface area contributed by atoms with Crippen LogP contribution in [0.1, 0.15) is 30.3 Å². The summed E-state index contributed by atoms with van der Waals surface area (Å²) in [5.74, 6) is 0.714. The van der Waals surface area contributed by atoms with E-state index in [2.05, 4.69) is 12.0 Å². The van der Waals surface area contributed by atoms with Gasteiger partial charge in [0.15, 0.2) is 5.69 Å². The normalized spacial score (nSPS) is 16.1. The van der Waals surface area contributed by atoms with Crippen molar-refractivity contribution in [2.24, 2.45) is 5.92 Å². The molecule has 5 nitrogen and oxygen atoms in total. The lowest BCUT2D eigenvalue weighted by molar-refractivity contribution is 0.0691. The average molecular weight is 284 g/mol. The average Bonchev–Trinajstić information content (AvgIpc) is 2.97. The van der Waals surface area contributed by atoms with Crippen LogP contribution in [0.5, 0.6) is 0 Å². The van der Waals surface area contributed by atoms with Gasteiger partial charge in [-0.3, -0.25) is 4.79 Å². The summed E-state index contributed by atoms with van der Waals surface area (Å²) >= 11 is 0. The van der Waals surface area contributed by atoms with Crippen LogP contribution >= 0.6 is 0 Å². The Bertz CT molecular complexity index is 641. The number of para-hydroxylation sites is 2. The second-order valence-electron chi connectivity index (χ2n) is 5.68. The summed E-state index contributed by atoms with van der Waals surface area (Å²) in [7, 11) is 0. The standard InChI is InChI=1S/C16H20N4O/c1-12-6-9-19(10-7-12)16(21)14-8-11-20(18-14)15-5-3-2-4-13(15)17/h2-5,8,11-12H,6-7,9-10,17H2,1H3. The number of carbonyl (C=O) groups excluding carboxylic acids is 1. The van der Waals surface area contributed by atoms with Crippen LogP contribution in [0, 0.1) is 5.92 Å². The molecular formula is C16H20N4O. The van der Waals surface area contributed by atoms with Crippen LogP contribution in [0.4, 0.5) is 5.69 Å². The van der Waals surface area contributed by atoms with Crippen molar-refractivity contribution in [3.8, 4) is 5.69 Å². The number of aromatic nitrogens is 2. The number of nitrogens with zero attached hydrogens (tertiary/aromatic N) is 3. The molecule has 1 aromatic heterocycles. The SMILES string of the molecule is CC1CCN(C(=O)c2ccn(-c3ccccc3N)n2)CC1. The zero-order chi connectivity index (χ0) is 14.8. The first-order valence-electron chi connectivity index (χ1n) is 7.35. The van der Waals surface area contributed by atoms with E-state index in [0.29, 0.717) is 17.3 Å². The Hall–Kier alpha value is -2.30. The van der Waals surface area contributed by atoms with Gasteiger partial charge in [0.2, 0.25) is 0 Å². The number of carbonyl (C=O) groups is 1. The van der Waals surface area contributed by atoms with Crippen molar-refractivity contribution in [1.29, 1.82) is 0 Å². The quantitative estimate of drug-likeness (QED) is 0.861. The zero-order valence-corrected chi connectivity index (χ0v) is 12.2. The second kappa shape index (κ2) is 5.60. The van der Waals surface area contributed by atoms with Gasteiger partial charge in [-0.25, -0.2) is 4.68 Å². The van der Waals surface area contributed by atoms with Crippen LogP contribution in [-0.2, 0) is 0 Å². The summed E-state index contributed by atoms with van der Waals surface area (Å²) < 4.78 is 1.66. The highest BCUT2D eigenvalue weighted by molar-refractivity contribution is 5.92. The van der Waals surface area contributed by atoms with Crippen LogP contribution in [0.15, 0.2) is 36.5 Å². The third-order valence-corrected chi connectivity index (χ3v) is 4.06. The fraction of sp³-hybridized carbons (Fsp3) is 0.375. The highest BCUT2D eigenvalue weighted by Crippen LogP contribution is 2.19. The Morgan fingerprint density at radius 1 is 1.24 bits per heavy atom. The Labute approximate surface area is 124 Å². The van der Waals surface area contributed by atoms with E-state index in [1.165, 1.54) is 0 Å². The molecule has 1 aliphatic rings. The summed E-state index contributed by atoms with van der Waals surface area (Å²) in [4.78, 5) is 14.3. The predicted octanol–water partition coefficient (Wildman–Crippen LogP) is 2.33. The number of likely N-dealkylation sites (tertiary alicyclic amines) is 1. The molecule has 1 fully saturated rings. The molecule has 5 heteroatoms. The first-order chi connectivity index (χ1) is 10.1. The predicted molar refractivity (Wildman–Crippen MR) is 82.3 cm³/mol. The molecule has 0 spiro atoms. The van der Waals surface area contributed by atoms with Gasteiger partial charge >= 0.3 is 0 Å². The lowest BCUT2D eigenvalue weighted by atomic mass is 9.99. The van der Waals surface area contributed by atoms with Gasteiger partial charge in [-0.1, -0.05) is 19.1 Å². The molecule has 21 heavy (non-hydrogen) atoms. The molecule has 0 unspecified atom stereocenters. The lowest BCUT2D eigenvalue weighted by Crippen LogP contribution is -2.38. The van der Waals surface area contributed by atoms with Crippen LogP contribution in [-0.4, -0.2) is 33.7 Å². The van der Waals surface area contributed by atoms with E-state index in [0.717, 1.165) is 31.6 Å². The monoisotopic (exact) mass is 284 g/mol. The number of nitrogens with two attached hydrogens (primary N) is 1. The molecule has 1 aliphatic heterocycles. The molecule has 0 aliphatic carbocycles. The van der Waals surface area contributed by atoms with Crippen LogP contribution in [0.2, 0.25) is 0 Å².